The maximum Gasteiger partial charge on any atom is 0.319 e. The zero-order valence-corrected chi connectivity index (χ0v) is 13.7. The van der Waals surface area contributed by atoms with Gasteiger partial charge in [-0.2, -0.15) is 0 Å². The van der Waals surface area contributed by atoms with E-state index in [4.69, 9.17) is 4.74 Å². The molecule has 3 aromatic rings. The summed E-state index contributed by atoms with van der Waals surface area (Å²) in [7, 11) is 0. The lowest BCUT2D eigenvalue weighted by molar-refractivity contribution is 0.251. The summed E-state index contributed by atoms with van der Waals surface area (Å²) in [6.45, 7) is 2.79. The third-order valence-corrected chi connectivity index (χ3v) is 3.30. The Balaban J connectivity index is 1.51. The molecule has 2 aromatic heterocycles. The third kappa shape index (κ3) is 4.54. The molecule has 2 N–H and O–H groups in total. The number of carbonyl (C=O) groups excluding carboxylic acids is 1. The summed E-state index contributed by atoms with van der Waals surface area (Å²) in [6, 6.07) is 10.5. The van der Waals surface area contributed by atoms with Crippen LogP contribution in [0.4, 0.5) is 10.5 Å². The SMILES string of the molecule is CCOc1ccc(NC(=O)NCc2cn(-c3cccnc3)nn2)cc1. The Morgan fingerprint density at radius 3 is 2.80 bits per heavy atom. The second kappa shape index (κ2) is 7.91. The molecular weight excluding hydrogens is 320 g/mol. The first kappa shape index (κ1) is 16.4. The number of anilines is 1. The van der Waals surface area contributed by atoms with Gasteiger partial charge in [0, 0.05) is 11.9 Å². The van der Waals surface area contributed by atoms with E-state index in [0.29, 0.717) is 18.0 Å². The highest BCUT2D eigenvalue weighted by Gasteiger charge is 2.06. The van der Waals surface area contributed by atoms with Gasteiger partial charge < -0.3 is 15.4 Å². The van der Waals surface area contributed by atoms with Crippen molar-refractivity contribution in [1.82, 2.24) is 25.3 Å². The van der Waals surface area contributed by atoms with E-state index < -0.39 is 0 Å². The Morgan fingerprint density at radius 1 is 1.24 bits per heavy atom. The first-order chi connectivity index (χ1) is 12.2. The van der Waals surface area contributed by atoms with Crippen molar-refractivity contribution < 1.29 is 9.53 Å². The smallest absolute Gasteiger partial charge is 0.319 e. The van der Waals surface area contributed by atoms with Crippen molar-refractivity contribution in [3.63, 3.8) is 0 Å². The van der Waals surface area contributed by atoms with Crippen molar-refractivity contribution in [1.29, 1.82) is 0 Å². The van der Waals surface area contributed by atoms with E-state index in [1.54, 1.807) is 47.5 Å². The maximum absolute atomic E-state index is 12.0. The Morgan fingerprint density at radius 2 is 2.08 bits per heavy atom. The van der Waals surface area contributed by atoms with E-state index in [1.807, 2.05) is 19.1 Å². The van der Waals surface area contributed by atoms with Gasteiger partial charge in [0.05, 0.1) is 31.2 Å². The Kier molecular flexibility index (Phi) is 5.20. The van der Waals surface area contributed by atoms with Gasteiger partial charge in [0.1, 0.15) is 11.4 Å². The molecule has 128 valence electrons. The summed E-state index contributed by atoms with van der Waals surface area (Å²) in [5, 5.41) is 13.5. The summed E-state index contributed by atoms with van der Waals surface area (Å²) >= 11 is 0. The van der Waals surface area contributed by atoms with Crippen LogP contribution in [0.15, 0.2) is 55.0 Å². The van der Waals surface area contributed by atoms with Gasteiger partial charge in [0.15, 0.2) is 0 Å². The largest absolute Gasteiger partial charge is 0.494 e. The van der Waals surface area contributed by atoms with Gasteiger partial charge in [-0.1, -0.05) is 5.21 Å². The molecular formula is C17H18N6O2. The lowest BCUT2D eigenvalue weighted by Crippen LogP contribution is -2.28. The average Bonchev–Trinajstić information content (AvgIpc) is 3.12. The van der Waals surface area contributed by atoms with Crippen molar-refractivity contribution in [2.75, 3.05) is 11.9 Å². The first-order valence-corrected chi connectivity index (χ1v) is 7.84. The number of amides is 2. The van der Waals surface area contributed by atoms with Crippen molar-refractivity contribution in [3.05, 3.63) is 60.7 Å². The molecule has 0 aliphatic rings. The molecule has 0 spiro atoms. The van der Waals surface area contributed by atoms with Crippen LogP contribution in [0.3, 0.4) is 0 Å². The number of hydrogen-bond donors (Lipinski definition) is 2. The van der Waals surface area contributed by atoms with E-state index in [-0.39, 0.29) is 12.6 Å². The Bertz CT molecular complexity index is 817. The molecule has 0 fully saturated rings. The maximum atomic E-state index is 12.0. The number of ether oxygens (including phenoxy) is 1. The highest BCUT2D eigenvalue weighted by molar-refractivity contribution is 5.89. The highest BCUT2D eigenvalue weighted by atomic mass is 16.5. The Hall–Kier alpha value is -3.42. The minimum atomic E-state index is -0.319. The van der Waals surface area contributed by atoms with E-state index in [2.05, 4.69) is 25.9 Å². The molecule has 2 amide bonds. The van der Waals surface area contributed by atoms with E-state index in [0.717, 1.165) is 11.4 Å². The number of pyridine rings is 1. The van der Waals surface area contributed by atoms with Crippen LogP contribution < -0.4 is 15.4 Å². The molecule has 8 heteroatoms. The number of nitrogens with one attached hydrogen (secondary N) is 2. The number of hydrogen-bond acceptors (Lipinski definition) is 5. The van der Waals surface area contributed by atoms with Gasteiger partial charge in [0.25, 0.3) is 0 Å². The fourth-order valence-corrected chi connectivity index (χ4v) is 2.14. The molecule has 0 radical (unpaired) electrons. The molecule has 3 rings (SSSR count). The van der Waals surface area contributed by atoms with Crippen molar-refractivity contribution in [2.24, 2.45) is 0 Å². The monoisotopic (exact) mass is 338 g/mol. The zero-order chi connectivity index (χ0) is 17.5. The molecule has 25 heavy (non-hydrogen) atoms. The topological polar surface area (TPSA) is 94.0 Å². The number of nitrogens with zero attached hydrogens (tertiary/aromatic N) is 4. The first-order valence-electron chi connectivity index (χ1n) is 7.84. The number of aromatic nitrogens is 4. The predicted molar refractivity (Wildman–Crippen MR) is 92.6 cm³/mol. The van der Waals surface area contributed by atoms with Gasteiger partial charge >= 0.3 is 6.03 Å². The third-order valence-electron chi connectivity index (χ3n) is 3.30. The van der Waals surface area contributed by atoms with Crippen LogP contribution in [-0.2, 0) is 6.54 Å². The lowest BCUT2D eigenvalue weighted by atomic mass is 10.3. The van der Waals surface area contributed by atoms with Crippen LogP contribution in [0.1, 0.15) is 12.6 Å². The quantitative estimate of drug-likeness (QED) is 0.720. The fraction of sp³-hybridized carbons (Fsp3) is 0.176. The average molecular weight is 338 g/mol. The number of rotatable bonds is 6. The molecule has 8 nitrogen and oxygen atoms in total. The van der Waals surface area contributed by atoms with Crippen LogP contribution >= 0.6 is 0 Å². The standard InChI is InChI=1S/C17H18N6O2/c1-2-25-16-7-5-13(6-8-16)20-17(24)19-10-14-12-23(22-21-14)15-4-3-9-18-11-15/h3-9,11-12H,2,10H2,1H3,(H2,19,20,24). The van der Waals surface area contributed by atoms with Crippen LogP contribution in [0.25, 0.3) is 5.69 Å². The summed E-state index contributed by atoms with van der Waals surface area (Å²) in [6.07, 6.45) is 5.12. The van der Waals surface area contributed by atoms with Crippen molar-refractivity contribution in [2.45, 2.75) is 13.5 Å². The molecule has 0 unspecified atom stereocenters. The van der Waals surface area contributed by atoms with Crippen LogP contribution in [0, 0.1) is 0 Å². The molecule has 0 saturated heterocycles. The van der Waals surface area contributed by atoms with Crippen LogP contribution in [0.2, 0.25) is 0 Å². The molecule has 0 aliphatic carbocycles. The van der Waals surface area contributed by atoms with Crippen LogP contribution in [-0.4, -0.2) is 32.6 Å². The van der Waals surface area contributed by atoms with E-state index in [9.17, 15) is 4.79 Å². The number of carbonyl (C=O) groups is 1. The summed E-state index contributed by atoms with van der Waals surface area (Å²) in [4.78, 5) is 16.0. The Labute approximate surface area is 144 Å². The molecule has 2 heterocycles. The normalized spacial score (nSPS) is 10.3. The molecule has 0 atom stereocenters. The summed E-state index contributed by atoms with van der Waals surface area (Å²) < 4.78 is 6.97. The highest BCUT2D eigenvalue weighted by Crippen LogP contribution is 2.15. The van der Waals surface area contributed by atoms with Gasteiger partial charge in [0.2, 0.25) is 0 Å². The van der Waals surface area contributed by atoms with Gasteiger partial charge in [-0.15, -0.1) is 5.10 Å². The molecule has 0 aliphatic heterocycles. The van der Waals surface area contributed by atoms with Crippen LogP contribution in [0.5, 0.6) is 5.75 Å². The molecule has 0 bridgehead atoms. The minimum Gasteiger partial charge on any atom is -0.494 e. The zero-order valence-electron chi connectivity index (χ0n) is 13.7. The predicted octanol–water partition coefficient (Wildman–Crippen LogP) is 2.38. The van der Waals surface area contributed by atoms with Crippen molar-refractivity contribution in [3.8, 4) is 11.4 Å². The molecule has 0 saturated carbocycles. The van der Waals surface area contributed by atoms with E-state index >= 15 is 0 Å². The number of benzene rings is 1. The minimum absolute atomic E-state index is 0.267. The number of urea groups is 1. The van der Waals surface area contributed by atoms with E-state index in [1.165, 1.54) is 0 Å². The summed E-state index contributed by atoms with van der Waals surface area (Å²) in [5.41, 5.74) is 2.13. The van der Waals surface area contributed by atoms with Gasteiger partial charge in [-0.3, -0.25) is 4.98 Å². The van der Waals surface area contributed by atoms with Crippen molar-refractivity contribution >= 4 is 11.7 Å². The van der Waals surface area contributed by atoms with Gasteiger partial charge in [-0.05, 0) is 43.3 Å². The second-order valence-corrected chi connectivity index (χ2v) is 5.13. The fourth-order valence-electron chi connectivity index (χ4n) is 2.14. The lowest BCUT2D eigenvalue weighted by Gasteiger charge is -2.07. The summed E-state index contributed by atoms with van der Waals surface area (Å²) in [5.74, 6) is 0.764. The second-order valence-electron chi connectivity index (χ2n) is 5.13. The van der Waals surface area contributed by atoms with Gasteiger partial charge in [-0.25, -0.2) is 9.48 Å². The molecule has 1 aromatic carbocycles.